The van der Waals surface area contributed by atoms with Gasteiger partial charge in [-0.1, -0.05) is 41.9 Å². The van der Waals surface area contributed by atoms with Crippen molar-refractivity contribution in [3.05, 3.63) is 82.9 Å². The van der Waals surface area contributed by atoms with Crippen LogP contribution in [-0.2, 0) is 9.53 Å². The molecule has 8 heteroatoms. The van der Waals surface area contributed by atoms with Crippen molar-refractivity contribution in [2.75, 3.05) is 33.3 Å². The van der Waals surface area contributed by atoms with Gasteiger partial charge in [-0.2, -0.15) is 0 Å². The number of hydrogen-bond acceptors (Lipinski definition) is 6. The predicted molar refractivity (Wildman–Crippen MR) is 133 cm³/mol. The van der Waals surface area contributed by atoms with E-state index >= 15 is 0 Å². The molecule has 1 amide bonds. The summed E-state index contributed by atoms with van der Waals surface area (Å²) in [5.74, 6) is 0.394. The monoisotopic (exact) mass is 495 g/mol. The summed E-state index contributed by atoms with van der Waals surface area (Å²) in [7, 11) is 4.60. The number of rotatable bonds is 9. The summed E-state index contributed by atoms with van der Waals surface area (Å²) in [6.45, 7) is -0.0989. The second kappa shape index (κ2) is 10.3. The van der Waals surface area contributed by atoms with Crippen molar-refractivity contribution in [1.82, 2.24) is 0 Å². The lowest BCUT2D eigenvalue weighted by atomic mass is 9.97. The number of methoxy groups -OCH3 is 3. The average Bonchev–Trinajstić information content (AvgIpc) is 3.64. The molecule has 0 spiro atoms. The molecule has 1 fully saturated rings. The highest BCUT2D eigenvalue weighted by molar-refractivity contribution is 6.33. The van der Waals surface area contributed by atoms with Crippen LogP contribution in [-0.4, -0.2) is 39.8 Å². The van der Waals surface area contributed by atoms with Crippen molar-refractivity contribution in [2.24, 2.45) is 5.41 Å². The lowest BCUT2D eigenvalue weighted by molar-refractivity contribution is -0.122. The van der Waals surface area contributed by atoms with Crippen LogP contribution in [0, 0.1) is 5.41 Å². The second-order valence-corrected chi connectivity index (χ2v) is 8.65. The molecule has 1 saturated carbocycles. The van der Waals surface area contributed by atoms with Gasteiger partial charge in [-0.3, -0.25) is 4.79 Å². The topological polar surface area (TPSA) is 83.1 Å². The van der Waals surface area contributed by atoms with Gasteiger partial charge < -0.3 is 24.3 Å². The van der Waals surface area contributed by atoms with E-state index in [1.165, 1.54) is 21.3 Å². The first kappa shape index (κ1) is 24.4. The normalized spacial score (nSPS) is 18.3. The van der Waals surface area contributed by atoms with Gasteiger partial charge in [0, 0.05) is 5.92 Å². The number of ether oxygens (including phenoxy) is 4. The Morgan fingerprint density at radius 1 is 0.943 bits per heavy atom. The van der Waals surface area contributed by atoms with Crippen molar-refractivity contribution < 1.29 is 28.5 Å². The number of benzene rings is 3. The van der Waals surface area contributed by atoms with E-state index in [9.17, 15) is 9.59 Å². The molecule has 182 valence electrons. The molecule has 0 aromatic heterocycles. The van der Waals surface area contributed by atoms with Crippen LogP contribution in [0.4, 0.5) is 5.69 Å². The quantitative estimate of drug-likeness (QED) is 0.404. The zero-order valence-corrected chi connectivity index (χ0v) is 20.4. The zero-order chi connectivity index (χ0) is 25.0. The van der Waals surface area contributed by atoms with Crippen LogP contribution in [0.25, 0.3) is 0 Å². The number of carbonyl (C=O) groups is 2. The molecular weight excluding hydrogens is 470 g/mol. The Morgan fingerprint density at radius 3 is 2.17 bits per heavy atom. The van der Waals surface area contributed by atoms with Crippen LogP contribution in [0.15, 0.2) is 66.7 Å². The summed E-state index contributed by atoms with van der Waals surface area (Å²) in [6, 6.07) is 19.3. The fourth-order valence-corrected chi connectivity index (χ4v) is 4.37. The summed E-state index contributed by atoms with van der Waals surface area (Å²) in [6.07, 6.45) is 0.462. The van der Waals surface area contributed by atoms with E-state index in [1.54, 1.807) is 48.5 Å². The third-order valence-electron chi connectivity index (χ3n) is 6.21. The van der Waals surface area contributed by atoms with Gasteiger partial charge in [0.15, 0.2) is 11.5 Å². The molecule has 3 aromatic rings. The summed E-state index contributed by atoms with van der Waals surface area (Å²) in [5.41, 5.74) is 0.723. The minimum atomic E-state index is -0.992. The fourth-order valence-electron chi connectivity index (χ4n) is 4.18. The molecule has 1 N–H and O–H groups in total. The van der Waals surface area contributed by atoms with Gasteiger partial charge in [0.2, 0.25) is 11.7 Å². The van der Waals surface area contributed by atoms with Gasteiger partial charge >= 0.3 is 5.97 Å². The largest absolute Gasteiger partial charge is 0.493 e. The molecule has 0 bridgehead atoms. The first-order chi connectivity index (χ1) is 16.9. The summed E-state index contributed by atoms with van der Waals surface area (Å²) in [5, 5.41) is 3.33. The number of halogens is 1. The van der Waals surface area contributed by atoms with Crippen LogP contribution in [0.3, 0.4) is 0 Å². The van der Waals surface area contributed by atoms with Crippen LogP contribution >= 0.6 is 11.6 Å². The van der Waals surface area contributed by atoms with Gasteiger partial charge in [0.25, 0.3) is 0 Å². The van der Waals surface area contributed by atoms with Gasteiger partial charge in [0.1, 0.15) is 6.61 Å². The highest BCUT2D eigenvalue weighted by atomic mass is 35.5. The number of nitrogens with one attached hydrogen (secondary N) is 1. The maximum absolute atomic E-state index is 13.6. The SMILES string of the molecule is COc1cc([C@@H]2C[C@]2(COC(=O)c2ccccc2)C(=O)Nc2ccccc2Cl)cc(OC)c1OC. The molecule has 1 aliphatic carbocycles. The number of anilines is 1. The smallest absolute Gasteiger partial charge is 0.338 e. The predicted octanol–water partition coefficient (Wildman–Crippen LogP) is 5.34. The van der Waals surface area contributed by atoms with E-state index in [0.717, 1.165) is 5.56 Å². The first-order valence-corrected chi connectivity index (χ1v) is 11.4. The number of amides is 1. The maximum atomic E-state index is 13.6. The molecule has 0 unspecified atom stereocenters. The van der Waals surface area contributed by atoms with Crippen molar-refractivity contribution in [2.45, 2.75) is 12.3 Å². The lowest BCUT2D eigenvalue weighted by Crippen LogP contribution is -2.31. The molecule has 0 saturated heterocycles. The van der Waals surface area contributed by atoms with Crippen LogP contribution in [0.1, 0.15) is 28.3 Å². The Labute approximate surface area is 208 Å². The van der Waals surface area contributed by atoms with Gasteiger partial charge in [-0.15, -0.1) is 0 Å². The Bertz CT molecular complexity index is 1210. The lowest BCUT2D eigenvalue weighted by Gasteiger charge is -2.20. The van der Waals surface area contributed by atoms with Crippen LogP contribution < -0.4 is 19.5 Å². The highest BCUT2D eigenvalue weighted by Gasteiger charge is 2.62. The first-order valence-electron chi connectivity index (χ1n) is 11.0. The average molecular weight is 496 g/mol. The molecule has 2 atom stereocenters. The highest BCUT2D eigenvalue weighted by Crippen LogP contribution is 2.61. The van der Waals surface area contributed by atoms with Crippen LogP contribution in [0.5, 0.6) is 17.2 Å². The van der Waals surface area contributed by atoms with Gasteiger partial charge in [0.05, 0.1) is 43.0 Å². The van der Waals surface area contributed by atoms with Crippen molar-refractivity contribution in [3.8, 4) is 17.2 Å². The minimum absolute atomic E-state index is 0.0989. The van der Waals surface area contributed by atoms with Crippen molar-refractivity contribution in [3.63, 3.8) is 0 Å². The summed E-state index contributed by atoms with van der Waals surface area (Å²) in [4.78, 5) is 26.2. The Kier molecular flexibility index (Phi) is 7.17. The Morgan fingerprint density at radius 2 is 1.57 bits per heavy atom. The van der Waals surface area contributed by atoms with E-state index in [4.69, 9.17) is 30.5 Å². The number of esters is 1. The number of hydrogen-bond donors (Lipinski definition) is 1. The standard InChI is InChI=1S/C27H26ClNO6/c1-32-22-13-18(14-23(33-2)24(22)34-3)19-15-27(19,16-35-25(30)17-9-5-4-6-10-17)26(31)29-21-12-8-7-11-20(21)28/h4-14,19H,15-16H2,1-3H3,(H,29,31)/t19-,27+/m0/s1. The van der Waals surface area contributed by atoms with E-state index in [-0.39, 0.29) is 18.4 Å². The van der Waals surface area contributed by atoms with Gasteiger partial charge in [-0.05, 0) is 48.4 Å². The Hall–Kier alpha value is -3.71. The van der Waals surface area contributed by atoms with E-state index in [0.29, 0.717) is 39.9 Å². The third-order valence-corrected chi connectivity index (χ3v) is 6.54. The Balaban J connectivity index is 1.65. The molecule has 4 rings (SSSR count). The minimum Gasteiger partial charge on any atom is -0.493 e. The van der Waals surface area contributed by atoms with E-state index < -0.39 is 11.4 Å². The maximum Gasteiger partial charge on any atom is 0.338 e. The van der Waals surface area contributed by atoms with Crippen molar-refractivity contribution in [1.29, 1.82) is 0 Å². The molecule has 0 heterocycles. The molecule has 3 aromatic carbocycles. The van der Waals surface area contributed by atoms with Crippen LogP contribution in [0.2, 0.25) is 5.02 Å². The van der Waals surface area contributed by atoms with Gasteiger partial charge in [-0.25, -0.2) is 4.79 Å². The molecular formula is C27H26ClNO6. The fraction of sp³-hybridized carbons (Fsp3) is 0.259. The summed E-state index contributed by atoms with van der Waals surface area (Å²) < 4.78 is 22.0. The number of para-hydroxylation sites is 1. The third kappa shape index (κ3) is 4.91. The van der Waals surface area contributed by atoms with Crippen molar-refractivity contribution >= 4 is 29.2 Å². The number of carbonyl (C=O) groups excluding carboxylic acids is 2. The molecule has 1 aliphatic rings. The molecule has 0 aliphatic heterocycles. The molecule has 0 radical (unpaired) electrons. The van der Waals surface area contributed by atoms with E-state index in [2.05, 4.69) is 5.32 Å². The molecule has 7 nitrogen and oxygen atoms in total. The molecule has 35 heavy (non-hydrogen) atoms. The summed E-state index contributed by atoms with van der Waals surface area (Å²) >= 11 is 6.27. The van der Waals surface area contributed by atoms with E-state index in [1.807, 2.05) is 18.2 Å². The second-order valence-electron chi connectivity index (χ2n) is 8.25. The zero-order valence-electron chi connectivity index (χ0n) is 19.7.